The van der Waals surface area contributed by atoms with E-state index in [9.17, 15) is 9.59 Å². The largest absolute Gasteiger partial charge is 0.274 e. The summed E-state index contributed by atoms with van der Waals surface area (Å²) in [6, 6.07) is 0. The molecule has 0 N–H and O–H groups in total. The second-order valence-corrected chi connectivity index (χ2v) is 7.43. The van der Waals surface area contributed by atoms with E-state index < -0.39 is 0 Å². The Morgan fingerprint density at radius 1 is 1.05 bits per heavy atom. The molecule has 1 aliphatic rings. The SMILES string of the molecule is CCCCN1C(=O)c2c(CC)sc(C(C)(C)C)c2C1=O. The summed E-state index contributed by atoms with van der Waals surface area (Å²) in [5, 5.41) is 0. The molecule has 3 nitrogen and oxygen atoms in total. The molecule has 0 saturated carbocycles. The second kappa shape index (κ2) is 5.32. The van der Waals surface area contributed by atoms with Crippen LogP contribution in [0.5, 0.6) is 0 Å². The van der Waals surface area contributed by atoms with Crippen molar-refractivity contribution in [2.75, 3.05) is 6.54 Å². The highest BCUT2D eigenvalue weighted by molar-refractivity contribution is 7.13. The van der Waals surface area contributed by atoms with Crippen LogP contribution in [0.2, 0.25) is 0 Å². The van der Waals surface area contributed by atoms with E-state index >= 15 is 0 Å². The maximum atomic E-state index is 12.6. The summed E-state index contributed by atoms with van der Waals surface area (Å²) >= 11 is 1.63. The zero-order valence-corrected chi connectivity index (χ0v) is 13.8. The van der Waals surface area contributed by atoms with Crippen molar-refractivity contribution >= 4 is 23.2 Å². The molecule has 2 heterocycles. The summed E-state index contributed by atoms with van der Waals surface area (Å²) in [5.41, 5.74) is 1.27. The first-order chi connectivity index (χ1) is 9.32. The van der Waals surface area contributed by atoms with Crippen molar-refractivity contribution in [3.8, 4) is 0 Å². The lowest BCUT2D eigenvalue weighted by Gasteiger charge is -2.19. The van der Waals surface area contributed by atoms with Gasteiger partial charge in [0.2, 0.25) is 0 Å². The minimum Gasteiger partial charge on any atom is -0.274 e. The number of amides is 2. The lowest BCUT2D eigenvalue weighted by molar-refractivity contribution is 0.0651. The topological polar surface area (TPSA) is 37.4 Å². The standard InChI is InChI=1S/C16H23NO2S/c1-6-8-9-17-14(18)11-10(7-2)20-13(16(3,4)5)12(11)15(17)19/h6-9H2,1-5H3. The number of unbranched alkanes of at least 4 members (excludes halogenated alkanes) is 1. The van der Waals surface area contributed by atoms with Gasteiger partial charge in [0.05, 0.1) is 11.1 Å². The van der Waals surface area contributed by atoms with Gasteiger partial charge in [-0.1, -0.05) is 41.0 Å². The molecule has 0 bridgehead atoms. The molecule has 1 aromatic heterocycles. The van der Waals surface area contributed by atoms with Gasteiger partial charge in [0.15, 0.2) is 0 Å². The third-order valence-corrected chi connectivity index (χ3v) is 5.40. The highest BCUT2D eigenvalue weighted by atomic mass is 32.1. The van der Waals surface area contributed by atoms with Crippen LogP contribution in [0.3, 0.4) is 0 Å². The molecule has 1 aromatic rings. The predicted octanol–water partition coefficient (Wildman–Crippen LogP) is 4.00. The molecule has 20 heavy (non-hydrogen) atoms. The normalized spacial score (nSPS) is 15.2. The smallest absolute Gasteiger partial charge is 0.262 e. The monoisotopic (exact) mass is 293 g/mol. The molecule has 0 spiro atoms. The van der Waals surface area contributed by atoms with Gasteiger partial charge in [-0.3, -0.25) is 14.5 Å². The highest BCUT2D eigenvalue weighted by Crippen LogP contribution is 2.41. The Balaban J connectivity index is 2.52. The number of hydrogen-bond donors (Lipinski definition) is 0. The number of rotatable bonds is 4. The van der Waals surface area contributed by atoms with Gasteiger partial charge >= 0.3 is 0 Å². The van der Waals surface area contributed by atoms with E-state index in [-0.39, 0.29) is 17.2 Å². The van der Waals surface area contributed by atoms with Crippen LogP contribution in [0.1, 0.15) is 77.9 Å². The summed E-state index contributed by atoms with van der Waals surface area (Å²) in [6.07, 6.45) is 2.66. The summed E-state index contributed by atoms with van der Waals surface area (Å²) < 4.78 is 0. The molecule has 2 amide bonds. The van der Waals surface area contributed by atoms with Crippen molar-refractivity contribution in [1.82, 2.24) is 4.90 Å². The predicted molar refractivity (Wildman–Crippen MR) is 82.7 cm³/mol. The Morgan fingerprint density at radius 3 is 2.15 bits per heavy atom. The van der Waals surface area contributed by atoms with Crippen LogP contribution in [-0.2, 0) is 11.8 Å². The van der Waals surface area contributed by atoms with Gasteiger partial charge in [-0.15, -0.1) is 11.3 Å². The molecule has 0 radical (unpaired) electrons. The van der Waals surface area contributed by atoms with Crippen molar-refractivity contribution in [2.24, 2.45) is 0 Å². The van der Waals surface area contributed by atoms with Crippen LogP contribution in [-0.4, -0.2) is 23.3 Å². The van der Waals surface area contributed by atoms with E-state index in [4.69, 9.17) is 0 Å². The third-order valence-electron chi connectivity index (χ3n) is 3.64. The molecule has 0 saturated heterocycles. The number of aryl methyl sites for hydroxylation is 1. The van der Waals surface area contributed by atoms with Crippen molar-refractivity contribution in [3.05, 3.63) is 20.9 Å². The number of carbonyl (C=O) groups excluding carboxylic acids is 2. The van der Waals surface area contributed by atoms with Crippen LogP contribution >= 0.6 is 11.3 Å². The van der Waals surface area contributed by atoms with Gasteiger partial charge < -0.3 is 0 Å². The molecule has 0 fully saturated rings. The van der Waals surface area contributed by atoms with E-state index in [0.717, 1.165) is 29.0 Å². The van der Waals surface area contributed by atoms with Gasteiger partial charge in [0, 0.05) is 16.3 Å². The average Bonchev–Trinajstić information content (AvgIpc) is 2.86. The fourth-order valence-corrected chi connectivity index (χ4v) is 3.85. The molecular formula is C16H23NO2S. The third kappa shape index (κ3) is 2.30. The Kier molecular flexibility index (Phi) is 4.05. The Morgan fingerprint density at radius 2 is 1.65 bits per heavy atom. The Hall–Kier alpha value is -1.16. The molecule has 0 aliphatic carbocycles. The van der Waals surface area contributed by atoms with Gasteiger partial charge in [0.25, 0.3) is 11.8 Å². The molecular weight excluding hydrogens is 270 g/mol. The van der Waals surface area contributed by atoms with Gasteiger partial charge in [0.1, 0.15) is 0 Å². The van der Waals surface area contributed by atoms with Crippen LogP contribution in [0.25, 0.3) is 0 Å². The molecule has 4 heteroatoms. The van der Waals surface area contributed by atoms with E-state index in [1.165, 1.54) is 4.90 Å². The summed E-state index contributed by atoms with van der Waals surface area (Å²) in [4.78, 5) is 28.7. The molecule has 2 rings (SSSR count). The molecule has 0 aromatic carbocycles. The highest BCUT2D eigenvalue weighted by Gasteiger charge is 2.42. The van der Waals surface area contributed by atoms with Crippen LogP contribution in [0.15, 0.2) is 0 Å². The first-order valence-corrected chi connectivity index (χ1v) is 8.16. The molecule has 0 atom stereocenters. The fourth-order valence-electron chi connectivity index (χ4n) is 2.57. The van der Waals surface area contributed by atoms with E-state index in [1.807, 2.05) is 6.92 Å². The Bertz CT molecular complexity index is 552. The maximum Gasteiger partial charge on any atom is 0.262 e. The number of thiophene rings is 1. The second-order valence-electron chi connectivity index (χ2n) is 6.32. The minimum absolute atomic E-state index is 0.0814. The van der Waals surface area contributed by atoms with Crippen LogP contribution in [0, 0.1) is 0 Å². The zero-order chi connectivity index (χ0) is 15.1. The number of fused-ring (bicyclic) bond motifs is 1. The lowest BCUT2D eigenvalue weighted by Crippen LogP contribution is -2.31. The quantitative estimate of drug-likeness (QED) is 0.787. The van der Waals surface area contributed by atoms with E-state index in [0.29, 0.717) is 17.7 Å². The van der Waals surface area contributed by atoms with Crippen LogP contribution < -0.4 is 0 Å². The minimum atomic E-state index is -0.0983. The van der Waals surface area contributed by atoms with Crippen molar-refractivity contribution in [3.63, 3.8) is 0 Å². The number of nitrogens with zero attached hydrogens (tertiary/aromatic N) is 1. The molecule has 0 unspecified atom stereocenters. The van der Waals surface area contributed by atoms with E-state index in [1.54, 1.807) is 11.3 Å². The Labute approximate surface area is 125 Å². The maximum absolute atomic E-state index is 12.6. The summed E-state index contributed by atoms with van der Waals surface area (Å²) in [6.45, 7) is 11.0. The lowest BCUT2D eigenvalue weighted by atomic mass is 9.90. The first-order valence-electron chi connectivity index (χ1n) is 7.35. The number of hydrogen-bond acceptors (Lipinski definition) is 3. The number of carbonyl (C=O) groups is 2. The van der Waals surface area contributed by atoms with Gasteiger partial charge in [-0.05, 0) is 18.3 Å². The first kappa shape index (κ1) is 15.2. The van der Waals surface area contributed by atoms with E-state index in [2.05, 4.69) is 27.7 Å². The van der Waals surface area contributed by atoms with Crippen molar-refractivity contribution in [2.45, 2.75) is 59.3 Å². The average molecular weight is 293 g/mol. The number of imide groups is 1. The summed E-state index contributed by atoms with van der Waals surface area (Å²) in [5.74, 6) is -0.165. The van der Waals surface area contributed by atoms with Crippen LogP contribution in [0.4, 0.5) is 0 Å². The van der Waals surface area contributed by atoms with Crippen molar-refractivity contribution in [1.29, 1.82) is 0 Å². The molecule has 110 valence electrons. The van der Waals surface area contributed by atoms with Gasteiger partial charge in [-0.2, -0.15) is 0 Å². The molecule has 1 aliphatic heterocycles. The van der Waals surface area contributed by atoms with Crippen molar-refractivity contribution < 1.29 is 9.59 Å². The fraction of sp³-hybridized carbons (Fsp3) is 0.625. The zero-order valence-electron chi connectivity index (χ0n) is 13.0. The van der Waals surface area contributed by atoms with Gasteiger partial charge in [-0.25, -0.2) is 0 Å². The summed E-state index contributed by atoms with van der Waals surface area (Å²) in [7, 11) is 0.